The van der Waals surface area contributed by atoms with E-state index in [1.807, 2.05) is 13.8 Å². The number of nitrogens with two attached hydrogens (primary N) is 2. The van der Waals surface area contributed by atoms with Crippen molar-refractivity contribution in [3.8, 4) is 0 Å². The maximum Gasteiger partial charge on any atom is 0.259 e. The zero-order chi connectivity index (χ0) is 13.2. The number of carbonyl (C=O) groups is 2. The Labute approximate surface area is 104 Å². The van der Waals surface area contributed by atoms with Gasteiger partial charge in [0.15, 0.2) is 0 Å². The lowest BCUT2D eigenvalue weighted by molar-refractivity contribution is 0.0774. The Balaban J connectivity index is 3.23. The van der Waals surface area contributed by atoms with Crippen molar-refractivity contribution in [1.82, 2.24) is 4.90 Å². The molecule has 0 unspecified atom stereocenters. The van der Waals surface area contributed by atoms with Crippen LogP contribution in [0.15, 0.2) is 0 Å². The summed E-state index contributed by atoms with van der Waals surface area (Å²) >= 11 is 1.07. The predicted octanol–water partition coefficient (Wildman–Crippen LogP) is 1.22. The first kappa shape index (κ1) is 13.5. The van der Waals surface area contributed by atoms with Crippen molar-refractivity contribution in [1.29, 1.82) is 0 Å². The number of anilines is 1. The molecule has 5 nitrogen and oxygen atoms in total. The molecule has 0 aliphatic carbocycles. The molecule has 0 aromatic carbocycles. The van der Waals surface area contributed by atoms with Crippen molar-refractivity contribution >= 4 is 28.2 Å². The van der Waals surface area contributed by atoms with E-state index in [0.29, 0.717) is 34.1 Å². The minimum atomic E-state index is -0.544. The lowest BCUT2D eigenvalue weighted by Gasteiger charge is -2.18. The highest BCUT2D eigenvalue weighted by Gasteiger charge is 2.24. The summed E-state index contributed by atoms with van der Waals surface area (Å²) in [6.07, 6.45) is 0. The van der Waals surface area contributed by atoms with E-state index in [9.17, 15) is 9.59 Å². The van der Waals surface area contributed by atoms with Crippen LogP contribution < -0.4 is 11.5 Å². The Bertz CT molecular complexity index is 450. The number of primary amides is 1. The molecule has 0 aliphatic heterocycles. The number of hydrogen-bond acceptors (Lipinski definition) is 4. The highest BCUT2D eigenvalue weighted by Crippen LogP contribution is 2.31. The normalized spacial score (nSPS) is 10.3. The van der Waals surface area contributed by atoms with Gasteiger partial charge in [0.1, 0.15) is 0 Å². The van der Waals surface area contributed by atoms with Crippen LogP contribution in [0.3, 0.4) is 0 Å². The van der Waals surface area contributed by atoms with Crippen LogP contribution in [0, 0.1) is 6.92 Å². The third kappa shape index (κ3) is 2.41. The molecule has 17 heavy (non-hydrogen) atoms. The summed E-state index contributed by atoms with van der Waals surface area (Å²) in [6.45, 7) is 6.71. The van der Waals surface area contributed by atoms with Gasteiger partial charge in [-0.1, -0.05) is 0 Å². The predicted molar refractivity (Wildman–Crippen MR) is 69.2 cm³/mol. The number of rotatable bonds is 4. The molecule has 0 saturated heterocycles. The topological polar surface area (TPSA) is 89.4 Å². The first-order chi connectivity index (χ1) is 7.93. The fourth-order valence-corrected chi connectivity index (χ4v) is 2.62. The Kier molecular flexibility index (Phi) is 4.11. The largest absolute Gasteiger partial charge is 0.390 e. The minimum absolute atomic E-state index is 0.145. The van der Waals surface area contributed by atoms with Gasteiger partial charge < -0.3 is 16.4 Å². The Morgan fingerprint density at radius 2 is 1.82 bits per heavy atom. The number of nitrogens with zero attached hydrogens (tertiary/aromatic N) is 1. The van der Waals surface area contributed by atoms with Crippen LogP contribution in [0.4, 0.5) is 5.00 Å². The van der Waals surface area contributed by atoms with Gasteiger partial charge >= 0.3 is 0 Å². The Morgan fingerprint density at radius 1 is 1.29 bits per heavy atom. The maximum atomic E-state index is 12.2. The summed E-state index contributed by atoms with van der Waals surface area (Å²) in [5, 5.41) is 0.355. The van der Waals surface area contributed by atoms with E-state index >= 15 is 0 Å². The summed E-state index contributed by atoms with van der Waals surface area (Å²) in [6, 6.07) is 0. The average Bonchev–Trinajstić information content (AvgIpc) is 2.56. The van der Waals surface area contributed by atoms with Crippen LogP contribution in [0.25, 0.3) is 0 Å². The molecule has 0 atom stereocenters. The number of amides is 2. The van der Waals surface area contributed by atoms with E-state index in [4.69, 9.17) is 11.5 Å². The van der Waals surface area contributed by atoms with E-state index < -0.39 is 5.91 Å². The van der Waals surface area contributed by atoms with Crippen molar-refractivity contribution < 1.29 is 9.59 Å². The van der Waals surface area contributed by atoms with E-state index in [2.05, 4.69) is 0 Å². The zero-order valence-corrected chi connectivity index (χ0v) is 11.1. The van der Waals surface area contributed by atoms with Crippen LogP contribution in [-0.2, 0) is 0 Å². The summed E-state index contributed by atoms with van der Waals surface area (Å²) in [5.41, 5.74) is 12.0. The smallest absolute Gasteiger partial charge is 0.259 e. The van der Waals surface area contributed by atoms with E-state index in [0.717, 1.165) is 11.3 Å². The van der Waals surface area contributed by atoms with E-state index in [1.165, 1.54) is 0 Å². The molecular formula is C11H17N3O2S. The van der Waals surface area contributed by atoms with Crippen molar-refractivity contribution in [3.63, 3.8) is 0 Å². The fourth-order valence-electron chi connectivity index (χ4n) is 1.71. The molecule has 94 valence electrons. The molecule has 0 bridgehead atoms. The summed E-state index contributed by atoms with van der Waals surface area (Å²) in [5.74, 6) is -0.688. The molecule has 6 heteroatoms. The second kappa shape index (κ2) is 5.18. The molecule has 0 fully saturated rings. The SMILES string of the molecule is CCN(CC)C(=O)c1c(N)sc(C(N)=O)c1C. The highest BCUT2D eigenvalue weighted by molar-refractivity contribution is 7.18. The van der Waals surface area contributed by atoms with Crippen molar-refractivity contribution in [3.05, 3.63) is 16.0 Å². The van der Waals surface area contributed by atoms with Crippen LogP contribution >= 0.6 is 11.3 Å². The molecule has 0 spiro atoms. The maximum absolute atomic E-state index is 12.2. The summed E-state index contributed by atoms with van der Waals surface area (Å²) in [7, 11) is 0. The second-order valence-electron chi connectivity index (χ2n) is 3.64. The molecular weight excluding hydrogens is 238 g/mol. The minimum Gasteiger partial charge on any atom is -0.390 e. The van der Waals surface area contributed by atoms with Crippen molar-refractivity contribution in [2.45, 2.75) is 20.8 Å². The monoisotopic (exact) mass is 255 g/mol. The molecule has 0 saturated carbocycles. The molecule has 2 amide bonds. The Hall–Kier alpha value is -1.56. The van der Waals surface area contributed by atoms with Gasteiger partial charge in [0.05, 0.1) is 15.4 Å². The molecule has 1 rings (SSSR count). The summed E-state index contributed by atoms with van der Waals surface area (Å²) in [4.78, 5) is 25.4. The average molecular weight is 255 g/mol. The van der Waals surface area contributed by atoms with Gasteiger partial charge in [-0.25, -0.2) is 0 Å². The number of carbonyl (C=O) groups excluding carboxylic acids is 2. The molecule has 1 heterocycles. The first-order valence-electron chi connectivity index (χ1n) is 5.41. The van der Waals surface area contributed by atoms with Gasteiger partial charge in [-0.05, 0) is 26.3 Å². The van der Waals surface area contributed by atoms with Gasteiger partial charge in [-0.2, -0.15) is 0 Å². The van der Waals surface area contributed by atoms with E-state index in [-0.39, 0.29) is 5.91 Å². The molecule has 1 aromatic rings. The third-order valence-corrected chi connectivity index (χ3v) is 3.80. The van der Waals surface area contributed by atoms with Gasteiger partial charge in [0, 0.05) is 13.1 Å². The van der Waals surface area contributed by atoms with E-state index in [1.54, 1.807) is 11.8 Å². The lowest BCUT2D eigenvalue weighted by atomic mass is 10.1. The summed E-state index contributed by atoms with van der Waals surface area (Å²) < 4.78 is 0. The standard InChI is InChI=1S/C11H17N3O2S/c1-4-14(5-2)11(16)7-6(3)8(9(12)15)17-10(7)13/h4-5,13H2,1-3H3,(H2,12,15). The van der Waals surface area contributed by atoms with Crippen LogP contribution in [0.5, 0.6) is 0 Å². The number of nitrogen functional groups attached to an aromatic ring is 1. The van der Waals surface area contributed by atoms with Crippen LogP contribution in [0.1, 0.15) is 39.4 Å². The number of hydrogen-bond donors (Lipinski definition) is 2. The molecule has 0 aliphatic rings. The quantitative estimate of drug-likeness (QED) is 0.847. The van der Waals surface area contributed by atoms with Crippen molar-refractivity contribution in [2.75, 3.05) is 18.8 Å². The van der Waals surface area contributed by atoms with Gasteiger partial charge in [0.25, 0.3) is 11.8 Å². The Morgan fingerprint density at radius 3 is 2.18 bits per heavy atom. The molecule has 0 radical (unpaired) electrons. The van der Waals surface area contributed by atoms with Crippen LogP contribution in [-0.4, -0.2) is 29.8 Å². The van der Waals surface area contributed by atoms with Crippen molar-refractivity contribution in [2.24, 2.45) is 5.73 Å². The fraction of sp³-hybridized carbons (Fsp3) is 0.455. The van der Waals surface area contributed by atoms with Gasteiger partial charge in [-0.3, -0.25) is 9.59 Å². The van der Waals surface area contributed by atoms with Gasteiger partial charge in [-0.15, -0.1) is 11.3 Å². The first-order valence-corrected chi connectivity index (χ1v) is 6.23. The number of thiophene rings is 1. The van der Waals surface area contributed by atoms with Gasteiger partial charge in [0.2, 0.25) is 0 Å². The third-order valence-electron chi connectivity index (χ3n) is 2.66. The lowest BCUT2D eigenvalue weighted by Crippen LogP contribution is -2.31. The highest BCUT2D eigenvalue weighted by atomic mass is 32.1. The zero-order valence-electron chi connectivity index (χ0n) is 10.2. The molecule has 1 aromatic heterocycles. The second-order valence-corrected chi connectivity index (χ2v) is 4.69. The van der Waals surface area contributed by atoms with Crippen LogP contribution in [0.2, 0.25) is 0 Å². The molecule has 4 N–H and O–H groups in total.